The van der Waals surface area contributed by atoms with Crippen LogP contribution in [0.15, 0.2) is 51.8 Å². The van der Waals surface area contributed by atoms with Crippen LogP contribution in [-0.2, 0) is 15.6 Å². The third kappa shape index (κ3) is 3.48. The van der Waals surface area contributed by atoms with Crippen molar-refractivity contribution in [3.63, 3.8) is 0 Å². The minimum Gasteiger partial charge on any atom is -0.478 e. The van der Waals surface area contributed by atoms with Crippen LogP contribution in [0, 0.1) is 5.82 Å². The third-order valence-corrected chi connectivity index (χ3v) is 4.91. The van der Waals surface area contributed by atoms with Gasteiger partial charge in [0.2, 0.25) is 0 Å². The lowest BCUT2D eigenvalue weighted by Gasteiger charge is -2.09. The second-order valence-corrected chi connectivity index (χ2v) is 7.19. The Kier molecular flexibility index (Phi) is 4.43. The van der Waals surface area contributed by atoms with Gasteiger partial charge in [-0.2, -0.15) is 0 Å². The number of aromatic carboxylic acids is 1. The van der Waals surface area contributed by atoms with Gasteiger partial charge in [0.05, 0.1) is 11.3 Å². The molecule has 0 spiro atoms. The number of carboxylic acid groups (broad SMARTS) is 1. The Balaban J connectivity index is 2.53. The van der Waals surface area contributed by atoms with Crippen LogP contribution in [-0.4, -0.2) is 19.5 Å². The van der Waals surface area contributed by atoms with Crippen molar-refractivity contribution < 1.29 is 22.7 Å². The highest BCUT2D eigenvalue weighted by Crippen LogP contribution is 2.26. The second kappa shape index (κ2) is 5.95. The van der Waals surface area contributed by atoms with Gasteiger partial charge in [-0.1, -0.05) is 46.3 Å². The van der Waals surface area contributed by atoms with E-state index >= 15 is 0 Å². The molecule has 2 aromatic rings. The molecular weight excluding hydrogens is 363 g/mol. The van der Waals surface area contributed by atoms with Crippen LogP contribution in [0.3, 0.4) is 0 Å². The van der Waals surface area contributed by atoms with E-state index in [1.807, 2.05) is 0 Å². The number of carbonyl (C=O) groups is 1. The van der Waals surface area contributed by atoms with Gasteiger partial charge in [-0.25, -0.2) is 17.6 Å². The van der Waals surface area contributed by atoms with Crippen molar-refractivity contribution in [2.45, 2.75) is 10.6 Å². The molecule has 1 N–H and O–H groups in total. The predicted octanol–water partition coefficient (Wildman–Crippen LogP) is 3.26. The molecule has 2 rings (SSSR count). The molecule has 0 bridgehead atoms. The van der Waals surface area contributed by atoms with E-state index < -0.39 is 37.8 Å². The molecule has 0 aliphatic heterocycles. The largest absolute Gasteiger partial charge is 0.478 e. The van der Waals surface area contributed by atoms with Crippen molar-refractivity contribution in [2.75, 3.05) is 0 Å². The maximum absolute atomic E-state index is 14.1. The zero-order valence-electron chi connectivity index (χ0n) is 10.6. The average Bonchev–Trinajstić information content (AvgIpc) is 2.41. The van der Waals surface area contributed by atoms with Crippen molar-refractivity contribution >= 4 is 31.7 Å². The summed E-state index contributed by atoms with van der Waals surface area (Å²) in [5.41, 5.74) is -0.190. The van der Waals surface area contributed by atoms with Crippen LogP contribution in [0.25, 0.3) is 0 Å². The predicted molar refractivity (Wildman–Crippen MR) is 78.4 cm³/mol. The van der Waals surface area contributed by atoms with Gasteiger partial charge in [-0.05, 0) is 17.7 Å². The number of halogens is 2. The van der Waals surface area contributed by atoms with E-state index in [-0.39, 0.29) is 4.47 Å². The summed E-state index contributed by atoms with van der Waals surface area (Å²) in [7, 11) is -3.99. The summed E-state index contributed by atoms with van der Waals surface area (Å²) in [6.07, 6.45) is 0. The number of benzene rings is 2. The van der Waals surface area contributed by atoms with Gasteiger partial charge in [0.15, 0.2) is 15.7 Å². The standard InChI is InChI=1S/C14H10BrFO4S/c15-10-6-11(14(17)18)13(16)12(7-10)21(19,20)8-9-4-2-1-3-5-9/h1-7H,8H2,(H,17,18). The van der Waals surface area contributed by atoms with E-state index in [1.54, 1.807) is 30.3 Å². The highest BCUT2D eigenvalue weighted by Gasteiger charge is 2.25. The van der Waals surface area contributed by atoms with E-state index in [2.05, 4.69) is 15.9 Å². The first-order chi connectivity index (χ1) is 9.81. The molecule has 0 unspecified atom stereocenters. The van der Waals surface area contributed by atoms with Gasteiger partial charge in [0, 0.05) is 4.47 Å². The summed E-state index contributed by atoms with van der Waals surface area (Å²) in [4.78, 5) is 10.3. The first-order valence-electron chi connectivity index (χ1n) is 5.80. The van der Waals surface area contributed by atoms with Crippen LogP contribution in [0.1, 0.15) is 15.9 Å². The zero-order chi connectivity index (χ0) is 15.6. The highest BCUT2D eigenvalue weighted by atomic mass is 79.9. The average molecular weight is 373 g/mol. The highest BCUT2D eigenvalue weighted by molar-refractivity contribution is 9.10. The summed E-state index contributed by atoms with van der Waals surface area (Å²) in [5.74, 6) is -3.17. The van der Waals surface area contributed by atoms with Crippen LogP contribution in [0.4, 0.5) is 4.39 Å². The fourth-order valence-electron chi connectivity index (χ4n) is 1.82. The molecule has 0 aliphatic carbocycles. The van der Waals surface area contributed by atoms with Crippen molar-refractivity contribution in [2.24, 2.45) is 0 Å². The Bertz CT molecular complexity index is 788. The first kappa shape index (κ1) is 15.7. The Hall–Kier alpha value is -1.73. The maximum Gasteiger partial charge on any atom is 0.338 e. The van der Waals surface area contributed by atoms with Crippen molar-refractivity contribution in [3.8, 4) is 0 Å². The number of carboxylic acids is 1. The van der Waals surface area contributed by atoms with Gasteiger partial charge >= 0.3 is 5.97 Å². The van der Waals surface area contributed by atoms with Gasteiger partial charge in [0.1, 0.15) is 4.90 Å². The van der Waals surface area contributed by atoms with E-state index in [4.69, 9.17) is 5.11 Å². The lowest BCUT2D eigenvalue weighted by molar-refractivity contribution is 0.0691. The molecule has 0 radical (unpaired) electrons. The van der Waals surface area contributed by atoms with E-state index in [1.165, 1.54) is 0 Å². The van der Waals surface area contributed by atoms with E-state index in [0.717, 1.165) is 12.1 Å². The van der Waals surface area contributed by atoms with Gasteiger partial charge < -0.3 is 5.11 Å². The molecule has 110 valence electrons. The quantitative estimate of drug-likeness (QED) is 0.893. The second-order valence-electron chi connectivity index (χ2n) is 4.32. The summed E-state index contributed by atoms with van der Waals surface area (Å²) < 4.78 is 38.9. The molecule has 0 atom stereocenters. The molecule has 0 aliphatic rings. The topological polar surface area (TPSA) is 71.4 Å². The Morgan fingerprint density at radius 2 is 1.81 bits per heavy atom. The molecular formula is C14H10BrFO4S. The van der Waals surface area contributed by atoms with Gasteiger partial charge in [-0.15, -0.1) is 0 Å². The normalized spacial score (nSPS) is 11.3. The lowest BCUT2D eigenvalue weighted by atomic mass is 10.2. The smallest absolute Gasteiger partial charge is 0.338 e. The number of rotatable bonds is 4. The monoisotopic (exact) mass is 372 g/mol. The van der Waals surface area contributed by atoms with Gasteiger partial charge in [-0.3, -0.25) is 0 Å². The molecule has 4 nitrogen and oxygen atoms in total. The molecule has 0 heterocycles. The van der Waals surface area contributed by atoms with Crippen molar-refractivity contribution in [1.29, 1.82) is 0 Å². The Labute approximate surface area is 129 Å². The summed E-state index contributed by atoms with van der Waals surface area (Å²) in [6, 6.07) is 10.4. The summed E-state index contributed by atoms with van der Waals surface area (Å²) in [5, 5.41) is 8.91. The molecule has 7 heteroatoms. The SMILES string of the molecule is O=C(O)c1cc(Br)cc(S(=O)(=O)Cc2ccccc2)c1F. The molecule has 0 saturated carbocycles. The van der Waals surface area contributed by atoms with Gasteiger partial charge in [0.25, 0.3) is 0 Å². The summed E-state index contributed by atoms with van der Waals surface area (Å²) >= 11 is 3.00. The molecule has 0 amide bonds. The lowest BCUT2D eigenvalue weighted by Crippen LogP contribution is -2.11. The molecule has 2 aromatic carbocycles. The zero-order valence-corrected chi connectivity index (χ0v) is 13.0. The number of hydrogen-bond acceptors (Lipinski definition) is 3. The third-order valence-electron chi connectivity index (χ3n) is 2.77. The molecule has 0 saturated heterocycles. The van der Waals surface area contributed by atoms with Crippen LogP contribution in [0.5, 0.6) is 0 Å². The van der Waals surface area contributed by atoms with Crippen LogP contribution in [0.2, 0.25) is 0 Å². The number of hydrogen-bond donors (Lipinski definition) is 1. The molecule has 0 fully saturated rings. The van der Waals surface area contributed by atoms with Crippen LogP contribution < -0.4 is 0 Å². The fourth-order valence-corrected chi connectivity index (χ4v) is 3.90. The number of sulfone groups is 1. The van der Waals surface area contributed by atoms with E-state index in [0.29, 0.717) is 5.56 Å². The first-order valence-corrected chi connectivity index (χ1v) is 8.25. The van der Waals surface area contributed by atoms with Crippen molar-refractivity contribution in [3.05, 3.63) is 63.9 Å². The molecule has 21 heavy (non-hydrogen) atoms. The Morgan fingerprint density at radius 1 is 1.19 bits per heavy atom. The minimum atomic E-state index is -3.99. The van der Waals surface area contributed by atoms with E-state index in [9.17, 15) is 17.6 Å². The summed E-state index contributed by atoms with van der Waals surface area (Å²) in [6.45, 7) is 0. The maximum atomic E-state index is 14.1. The fraction of sp³-hybridized carbons (Fsp3) is 0.0714. The molecule has 0 aromatic heterocycles. The Morgan fingerprint density at radius 3 is 2.38 bits per heavy atom. The van der Waals surface area contributed by atoms with Crippen LogP contribution >= 0.6 is 15.9 Å². The van der Waals surface area contributed by atoms with Crippen molar-refractivity contribution in [1.82, 2.24) is 0 Å². The minimum absolute atomic E-state index is 0.188.